The molecule has 2 aromatic carbocycles. The predicted molar refractivity (Wildman–Crippen MR) is 165 cm³/mol. The smallest absolute Gasteiger partial charge is 0.337 e. The molecular weight excluding hydrogens is 629 g/mol. The first-order valence-electron chi connectivity index (χ1n) is 14.7. The van der Waals surface area contributed by atoms with E-state index in [4.69, 9.17) is 19.2 Å². The van der Waals surface area contributed by atoms with E-state index in [-0.39, 0.29) is 29.8 Å². The van der Waals surface area contributed by atoms with Crippen LogP contribution in [0.5, 0.6) is 11.6 Å². The minimum absolute atomic E-state index is 0.0191. The lowest BCUT2D eigenvalue weighted by molar-refractivity contribution is 0.0601. The van der Waals surface area contributed by atoms with Crippen molar-refractivity contribution < 1.29 is 23.4 Å². The third-order valence-corrected chi connectivity index (χ3v) is 8.88. The molecule has 44 heavy (non-hydrogen) atoms. The van der Waals surface area contributed by atoms with Gasteiger partial charge in [0.2, 0.25) is 5.88 Å². The Kier molecular flexibility index (Phi) is 8.82. The fourth-order valence-electron chi connectivity index (χ4n) is 5.69. The lowest BCUT2D eigenvalue weighted by Crippen LogP contribution is -2.38. The van der Waals surface area contributed by atoms with Gasteiger partial charge in [-0.15, -0.1) is 0 Å². The highest BCUT2D eigenvalue weighted by Gasteiger charge is 2.43. The second-order valence-corrected chi connectivity index (χ2v) is 12.5. The Labute approximate surface area is 263 Å². The van der Waals surface area contributed by atoms with Crippen LogP contribution in [0.3, 0.4) is 0 Å². The quantitative estimate of drug-likeness (QED) is 0.169. The van der Waals surface area contributed by atoms with Crippen LogP contribution in [0.2, 0.25) is 0 Å². The summed E-state index contributed by atoms with van der Waals surface area (Å²) in [5.41, 5.74) is 2.83. The Morgan fingerprint density at radius 1 is 1.14 bits per heavy atom. The van der Waals surface area contributed by atoms with E-state index in [1.807, 2.05) is 30.3 Å². The second-order valence-electron chi connectivity index (χ2n) is 11.6. The summed E-state index contributed by atoms with van der Waals surface area (Å²) < 4.78 is 33.8. The normalized spacial score (nSPS) is 16.4. The maximum absolute atomic E-state index is 14.1. The van der Waals surface area contributed by atoms with Crippen molar-refractivity contribution in [1.82, 2.24) is 19.4 Å². The highest BCUT2D eigenvalue weighted by Crippen LogP contribution is 2.50. The van der Waals surface area contributed by atoms with Gasteiger partial charge < -0.3 is 18.8 Å². The molecule has 228 valence electrons. The molecule has 11 heteroatoms. The molecule has 0 spiro atoms. The van der Waals surface area contributed by atoms with Crippen LogP contribution in [0.15, 0.2) is 59.1 Å². The molecule has 3 heterocycles. The molecule has 0 amide bonds. The topological polar surface area (TPSA) is 102 Å². The number of ether oxygens (including phenoxy) is 3. The molecule has 0 unspecified atom stereocenters. The van der Waals surface area contributed by atoms with Crippen LogP contribution in [-0.4, -0.2) is 51.7 Å². The SMILES string of the molecule is COC(=O)c1ccc2nc(CN3CCC(Oc4cccc(COc5ccc(Br)cc5F)n4)CC3)n(CC3(CC#N)CC3)c2c1. The van der Waals surface area contributed by atoms with Gasteiger partial charge in [-0.25, -0.2) is 19.2 Å². The summed E-state index contributed by atoms with van der Waals surface area (Å²) >= 11 is 3.25. The summed E-state index contributed by atoms with van der Waals surface area (Å²) in [4.78, 5) is 24.1. The average molecular weight is 663 g/mol. The number of hydrogen-bond acceptors (Lipinski definition) is 8. The Bertz CT molecular complexity index is 1710. The zero-order valence-electron chi connectivity index (χ0n) is 24.5. The molecule has 9 nitrogen and oxygen atoms in total. The Hall–Kier alpha value is -4.01. The second kappa shape index (κ2) is 12.9. The number of nitriles is 1. The van der Waals surface area contributed by atoms with Gasteiger partial charge in [-0.2, -0.15) is 5.26 Å². The average Bonchev–Trinajstić information content (AvgIpc) is 3.71. The van der Waals surface area contributed by atoms with Crippen molar-refractivity contribution in [2.45, 2.75) is 57.9 Å². The zero-order chi connectivity index (χ0) is 30.7. The predicted octanol–water partition coefficient (Wildman–Crippen LogP) is 6.44. The first-order chi connectivity index (χ1) is 21.3. The van der Waals surface area contributed by atoms with Gasteiger partial charge in [0.05, 0.1) is 42.0 Å². The molecule has 0 N–H and O–H groups in total. The van der Waals surface area contributed by atoms with E-state index in [9.17, 15) is 14.4 Å². The van der Waals surface area contributed by atoms with Gasteiger partial charge in [-0.1, -0.05) is 22.0 Å². The van der Waals surface area contributed by atoms with E-state index >= 15 is 0 Å². The van der Waals surface area contributed by atoms with Crippen LogP contribution in [0.1, 0.15) is 54.0 Å². The standard InChI is InChI=1S/C33H33BrFN5O4/c1-42-32(41)22-5-7-27-28(17-22)40(21-33(11-12-33)13-14-36)30(38-27)19-39-15-9-25(10-16-39)44-31-4-2-3-24(37-31)20-43-29-8-6-23(34)18-26(29)35/h2-8,17-18,25H,9-13,15-16,19-21H2,1H3. The highest BCUT2D eigenvalue weighted by molar-refractivity contribution is 9.10. The first kappa shape index (κ1) is 30.0. The number of fused-ring (bicyclic) bond motifs is 1. The summed E-state index contributed by atoms with van der Waals surface area (Å²) in [5.74, 6) is 0.809. The Morgan fingerprint density at radius 2 is 1.95 bits per heavy atom. The van der Waals surface area contributed by atoms with Crippen LogP contribution in [0, 0.1) is 22.6 Å². The van der Waals surface area contributed by atoms with Gasteiger partial charge in [-0.05, 0) is 68.1 Å². The van der Waals surface area contributed by atoms with Crippen molar-refractivity contribution in [3.63, 3.8) is 0 Å². The maximum atomic E-state index is 14.1. The molecule has 0 atom stereocenters. The number of imidazole rings is 1. The summed E-state index contributed by atoms with van der Waals surface area (Å²) in [6.07, 6.45) is 4.22. The fraction of sp³-hybridized carbons (Fsp3) is 0.394. The number of halogens is 2. The Morgan fingerprint density at radius 3 is 2.68 bits per heavy atom. The van der Waals surface area contributed by atoms with Crippen molar-refractivity contribution in [2.24, 2.45) is 5.41 Å². The number of hydrogen-bond donors (Lipinski definition) is 0. The number of benzene rings is 2. The van der Waals surface area contributed by atoms with Crippen molar-refractivity contribution in [1.29, 1.82) is 5.26 Å². The third kappa shape index (κ3) is 6.87. The van der Waals surface area contributed by atoms with E-state index < -0.39 is 5.82 Å². The number of likely N-dealkylation sites (tertiary alicyclic amines) is 1. The first-order valence-corrected chi connectivity index (χ1v) is 15.5. The molecule has 2 fully saturated rings. The van der Waals surface area contributed by atoms with E-state index in [0.717, 1.165) is 55.6 Å². The van der Waals surface area contributed by atoms with Crippen molar-refractivity contribution in [3.8, 4) is 17.7 Å². The van der Waals surface area contributed by atoms with Crippen molar-refractivity contribution >= 4 is 32.9 Å². The molecule has 1 aliphatic carbocycles. The van der Waals surface area contributed by atoms with E-state index in [2.05, 4.69) is 36.5 Å². The van der Waals surface area contributed by atoms with Crippen LogP contribution < -0.4 is 9.47 Å². The van der Waals surface area contributed by atoms with E-state index in [1.54, 1.807) is 18.2 Å². The number of piperidine rings is 1. The lowest BCUT2D eigenvalue weighted by Gasteiger charge is -2.32. The minimum Gasteiger partial charge on any atom is -0.484 e. The molecule has 4 aromatic rings. The number of carbonyl (C=O) groups excluding carboxylic acids is 1. The highest BCUT2D eigenvalue weighted by atomic mass is 79.9. The van der Waals surface area contributed by atoms with Crippen LogP contribution in [0.25, 0.3) is 11.0 Å². The summed E-state index contributed by atoms with van der Waals surface area (Å²) in [7, 11) is 1.38. The van der Waals surface area contributed by atoms with E-state index in [0.29, 0.717) is 41.1 Å². The molecule has 1 saturated carbocycles. The molecule has 0 radical (unpaired) electrons. The number of carbonyl (C=O) groups is 1. The molecule has 1 saturated heterocycles. The largest absolute Gasteiger partial charge is 0.484 e. The molecule has 2 aliphatic rings. The van der Waals surface area contributed by atoms with Gasteiger partial charge in [-0.3, -0.25) is 4.90 Å². The maximum Gasteiger partial charge on any atom is 0.337 e. The van der Waals surface area contributed by atoms with Gasteiger partial charge in [0.1, 0.15) is 18.5 Å². The van der Waals surface area contributed by atoms with Gasteiger partial charge in [0.15, 0.2) is 11.6 Å². The fourth-order valence-corrected chi connectivity index (χ4v) is 6.02. The molecule has 0 bridgehead atoms. The summed E-state index contributed by atoms with van der Waals surface area (Å²) in [6.45, 7) is 3.16. The number of nitrogens with zero attached hydrogens (tertiary/aromatic N) is 5. The monoisotopic (exact) mass is 661 g/mol. The van der Waals surface area contributed by atoms with Gasteiger partial charge >= 0.3 is 5.97 Å². The summed E-state index contributed by atoms with van der Waals surface area (Å²) in [6, 6.07) is 18.0. The third-order valence-electron chi connectivity index (χ3n) is 8.39. The number of rotatable bonds is 11. The molecular formula is C33H33BrFN5O4. The van der Waals surface area contributed by atoms with Crippen LogP contribution >= 0.6 is 15.9 Å². The van der Waals surface area contributed by atoms with Gasteiger partial charge in [0, 0.05) is 42.0 Å². The molecule has 1 aliphatic heterocycles. The zero-order valence-corrected chi connectivity index (χ0v) is 26.1. The van der Waals surface area contributed by atoms with Crippen LogP contribution in [0.4, 0.5) is 4.39 Å². The number of aromatic nitrogens is 3. The number of methoxy groups -OCH3 is 1. The number of pyridine rings is 1. The molecule has 6 rings (SSSR count). The van der Waals surface area contributed by atoms with Crippen molar-refractivity contribution in [3.05, 3.63) is 82.0 Å². The summed E-state index contributed by atoms with van der Waals surface area (Å²) in [5, 5.41) is 9.42. The lowest BCUT2D eigenvalue weighted by atomic mass is 10.0. The van der Waals surface area contributed by atoms with Gasteiger partial charge in [0.25, 0.3) is 0 Å². The minimum atomic E-state index is -0.436. The Balaban J connectivity index is 1.09. The number of esters is 1. The van der Waals surface area contributed by atoms with Crippen LogP contribution in [-0.2, 0) is 24.4 Å². The molecule has 2 aromatic heterocycles. The van der Waals surface area contributed by atoms with Crippen molar-refractivity contribution in [2.75, 3.05) is 20.2 Å². The van der Waals surface area contributed by atoms with E-state index in [1.165, 1.54) is 13.2 Å².